The van der Waals surface area contributed by atoms with Crippen LogP contribution < -0.4 is 5.56 Å². The molecule has 0 aliphatic carbocycles. The number of aromatic nitrogens is 2. The summed E-state index contributed by atoms with van der Waals surface area (Å²) in [6.07, 6.45) is 4.48. The molecule has 0 N–H and O–H groups in total. The standard InChI is InChI=1S/C13H14N2O/c16-13-10-6-3-4-7-11(10)15-9-5-1-2-8-12(15)14-13/h3-4,6-7H,1-2,5,8-9H2. The maximum Gasteiger partial charge on any atom is 0.280 e. The number of aryl methyl sites for hydroxylation is 2. The van der Waals surface area contributed by atoms with E-state index < -0.39 is 0 Å². The Kier molecular flexibility index (Phi) is 2.24. The van der Waals surface area contributed by atoms with Gasteiger partial charge in [-0.25, -0.2) is 0 Å². The van der Waals surface area contributed by atoms with Crippen molar-refractivity contribution in [2.45, 2.75) is 32.2 Å². The second kappa shape index (κ2) is 3.74. The number of para-hydroxylation sites is 1. The molecule has 3 rings (SSSR count). The van der Waals surface area contributed by atoms with Crippen LogP contribution in [0.3, 0.4) is 0 Å². The molecule has 2 aromatic rings. The van der Waals surface area contributed by atoms with Crippen molar-refractivity contribution in [3.8, 4) is 0 Å². The molecule has 1 aliphatic rings. The lowest BCUT2D eigenvalue weighted by atomic mass is 10.2. The molecule has 82 valence electrons. The van der Waals surface area contributed by atoms with Gasteiger partial charge in [0, 0.05) is 13.0 Å². The molecule has 0 unspecified atom stereocenters. The molecule has 0 radical (unpaired) electrons. The van der Waals surface area contributed by atoms with Crippen LogP contribution in [-0.2, 0) is 13.0 Å². The van der Waals surface area contributed by atoms with E-state index in [4.69, 9.17) is 0 Å². The van der Waals surface area contributed by atoms with Gasteiger partial charge in [0.25, 0.3) is 5.56 Å². The van der Waals surface area contributed by atoms with Gasteiger partial charge in [0.2, 0.25) is 0 Å². The number of nitrogens with zero attached hydrogens (tertiary/aromatic N) is 2. The minimum Gasteiger partial charge on any atom is -0.329 e. The van der Waals surface area contributed by atoms with Crippen LogP contribution in [0.4, 0.5) is 0 Å². The molecular formula is C13H14N2O. The first-order chi connectivity index (χ1) is 7.86. The molecule has 0 atom stereocenters. The molecule has 3 nitrogen and oxygen atoms in total. The lowest BCUT2D eigenvalue weighted by Crippen LogP contribution is -2.17. The third-order valence-electron chi connectivity index (χ3n) is 3.25. The van der Waals surface area contributed by atoms with Crippen LogP contribution in [0.1, 0.15) is 25.1 Å². The summed E-state index contributed by atoms with van der Waals surface area (Å²) in [5.41, 5.74) is 0.961. The fourth-order valence-corrected chi connectivity index (χ4v) is 2.44. The van der Waals surface area contributed by atoms with Gasteiger partial charge in [-0.15, -0.1) is 0 Å². The summed E-state index contributed by atoms with van der Waals surface area (Å²) in [6, 6.07) is 7.77. The van der Waals surface area contributed by atoms with Crippen LogP contribution in [0.25, 0.3) is 10.9 Å². The third-order valence-corrected chi connectivity index (χ3v) is 3.25. The highest BCUT2D eigenvalue weighted by Crippen LogP contribution is 2.17. The van der Waals surface area contributed by atoms with Crippen molar-refractivity contribution in [1.29, 1.82) is 0 Å². The van der Waals surface area contributed by atoms with Crippen molar-refractivity contribution in [3.63, 3.8) is 0 Å². The highest BCUT2D eigenvalue weighted by molar-refractivity contribution is 5.78. The lowest BCUT2D eigenvalue weighted by Gasteiger charge is -2.12. The van der Waals surface area contributed by atoms with E-state index in [1.165, 1.54) is 12.8 Å². The van der Waals surface area contributed by atoms with Crippen molar-refractivity contribution < 1.29 is 0 Å². The van der Waals surface area contributed by atoms with Gasteiger partial charge in [0.15, 0.2) is 0 Å². The smallest absolute Gasteiger partial charge is 0.280 e. The molecule has 0 spiro atoms. The molecule has 0 amide bonds. The van der Waals surface area contributed by atoms with Crippen LogP contribution in [-0.4, -0.2) is 9.55 Å². The van der Waals surface area contributed by atoms with E-state index in [1.807, 2.05) is 24.3 Å². The minimum absolute atomic E-state index is 0.0799. The van der Waals surface area contributed by atoms with Crippen LogP contribution >= 0.6 is 0 Å². The predicted molar refractivity (Wildman–Crippen MR) is 63.6 cm³/mol. The summed E-state index contributed by atoms with van der Waals surface area (Å²) in [4.78, 5) is 16.0. The summed E-state index contributed by atoms with van der Waals surface area (Å²) in [7, 11) is 0. The Morgan fingerprint density at radius 2 is 2.00 bits per heavy atom. The number of rotatable bonds is 0. The molecule has 3 heteroatoms. The van der Waals surface area contributed by atoms with E-state index in [2.05, 4.69) is 9.55 Å². The molecular weight excluding hydrogens is 200 g/mol. The van der Waals surface area contributed by atoms with Crippen LogP contribution in [0.2, 0.25) is 0 Å². The molecule has 2 heterocycles. The summed E-state index contributed by atoms with van der Waals surface area (Å²) >= 11 is 0. The van der Waals surface area contributed by atoms with Gasteiger partial charge in [-0.05, 0) is 25.0 Å². The van der Waals surface area contributed by atoms with Gasteiger partial charge in [-0.1, -0.05) is 18.6 Å². The summed E-state index contributed by atoms with van der Waals surface area (Å²) in [5, 5.41) is 0.744. The first kappa shape index (κ1) is 9.58. The fraction of sp³-hybridized carbons (Fsp3) is 0.385. The number of hydrogen-bond donors (Lipinski definition) is 0. The predicted octanol–water partition coefficient (Wildman–Crippen LogP) is 2.12. The van der Waals surface area contributed by atoms with Crippen LogP contribution in [0.15, 0.2) is 29.1 Å². The van der Waals surface area contributed by atoms with Crippen molar-refractivity contribution in [1.82, 2.24) is 9.55 Å². The Labute approximate surface area is 93.7 Å². The van der Waals surface area contributed by atoms with E-state index in [1.54, 1.807) is 0 Å². The molecule has 1 aliphatic heterocycles. The number of hydrogen-bond acceptors (Lipinski definition) is 2. The molecule has 0 fully saturated rings. The quantitative estimate of drug-likeness (QED) is 0.673. The minimum atomic E-state index is -0.0799. The average Bonchev–Trinajstić information content (AvgIpc) is 2.55. The number of fused-ring (bicyclic) bond motifs is 3. The Morgan fingerprint density at radius 1 is 1.12 bits per heavy atom. The fourth-order valence-electron chi connectivity index (χ4n) is 2.44. The highest BCUT2D eigenvalue weighted by Gasteiger charge is 2.12. The molecule has 0 bridgehead atoms. The lowest BCUT2D eigenvalue weighted by molar-refractivity contribution is 0.641. The van der Waals surface area contributed by atoms with Crippen molar-refractivity contribution in [3.05, 3.63) is 40.4 Å². The molecule has 0 saturated carbocycles. The first-order valence-electron chi connectivity index (χ1n) is 5.85. The largest absolute Gasteiger partial charge is 0.329 e. The Balaban J connectivity index is 2.37. The average molecular weight is 214 g/mol. The summed E-state index contributed by atoms with van der Waals surface area (Å²) in [5.74, 6) is 0.959. The molecule has 16 heavy (non-hydrogen) atoms. The summed E-state index contributed by atoms with van der Waals surface area (Å²) in [6.45, 7) is 0.989. The molecule has 1 aromatic heterocycles. The molecule has 1 aromatic carbocycles. The van der Waals surface area contributed by atoms with Gasteiger partial charge in [0.05, 0.1) is 10.9 Å². The van der Waals surface area contributed by atoms with Gasteiger partial charge in [-0.2, -0.15) is 4.98 Å². The van der Waals surface area contributed by atoms with Gasteiger partial charge >= 0.3 is 0 Å². The zero-order chi connectivity index (χ0) is 11.0. The normalized spacial score (nSPS) is 15.8. The monoisotopic (exact) mass is 214 g/mol. The first-order valence-corrected chi connectivity index (χ1v) is 5.85. The topological polar surface area (TPSA) is 34.9 Å². The SMILES string of the molecule is O=c1nc2n(c3ccccc13)CCCCC2. The van der Waals surface area contributed by atoms with Crippen LogP contribution in [0.5, 0.6) is 0 Å². The maximum atomic E-state index is 11.8. The van der Waals surface area contributed by atoms with E-state index >= 15 is 0 Å². The van der Waals surface area contributed by atoms with E-state index in [9.17, 15) is 4.79 Å². The van der Waals surface area contributed by atoms with Crippen molar-refractivity contribution in [2.24, 2.45) is 0 Å². The summed E-state index contributed by atoms with van der Waals surface area (Å²) < 4.78 is 2.21. The zero-order valence-corrected chi connectivity index (χ0v) is 9.15. The Bertz CT molecular complexity index is 586. The Morgan fingerprint density at radius 3 is 2.94 bits per heavy atom. The highest BCUT2D eigenvalue weighted by atomic mass is 16.1. The maximum absolute atomic E-state index is 11.8. The van der Waals surface area contributed by atoms with E-state index in [0.29, 0.717) is 0 Å². The van der Waals surface area contributed by atoms with Crippen molar-refractivity contribution in [2.75, 3.05) is 0 Å². The van der Waals surface area contributed by atoms with E-state index in [0.717, 1.165) is 36.1 Å². The number of benzene rings is 1. The van der Waals surface area contributed by atoms with Gasteiger partial charge in [-0.3, -0.25) is 4.79 Å². The van der Waals surface area contributed by atoms with Crippen molar-refractivity contribution >= 4 is 10.9 Å². The Hall–Kier alpha value is -1.64. The molecule has 0 saturated heterocycles. The van der Waals surface area contributed by atoms with Gasteiger partial charge in [0.1, 0.15) is 5.82 Å². The van der Waals surface area contributed by atoms with Gasteiger partial charge < -0.3 is 4.57 Å². The van der Waals surface area contributed by atoms with E-state index in [-0.39, 0.29) is 5.56 Å². The second-order valence-corrected chi connectivity index (χ2v) is 4.31. The third kappa shape index (κ3) is 1.43. The zero-order valence-electron chi connectivity index (χ0n) is 9.15. The second-order valence-electron chi connectivity index (χ2n) is 4.31. The van der Waals surface area contributed by atoms with Crippen LogP contribution in [0, 0.1) is 0 Å².